The van der Waals surface area contributed by atoms with E-state index in [1.165, 1.54) is 24.4 Å². The quantitative estimate of drug-likeness (QED) is 0.289. The lowest BCUT2D eigenvalue weighted by atomic mass is 10.2. The zero-order valence-electron chi connectivity index (χ0n) is 14.9. The summed E-state index contributed by atoms with van der Waals surface area (Å²) in [5.41, 5.74) is 1.92. The van der Waals surface area contributed by atoms with Crippen molar-refractivity contribution in [3.05, 3.63) is 40.3 Å². The number of nitrogens with zero attached hydrogens (tertiary/aromatic N) is 2. The molecule has 0 aliphatic carbocycles. The van der Waals surface area contributed by atoms with E-state index in [0.29, 0.717) is 10.7 Å². The third kappa shape index (κ3) is 4.08. The first-order valence-electron chi connectivity index (χ1n) is 8.31. The maximum absolute atomic E-state index is 7.15. The SMILES string of the molecule is [C-]#[N+]c1ccc2c(c1)c(Br)cn2CCCC[Si](C)(C)C(C)(C)C. The van der Waals surface area contributed by atoms with Crippen LogP contribution in [-0.4, -0.2) is 12.6 Å². The van der Waals surface area contributed by atoms with E-state index in [1.807, 2.05) is 12.1 Å². The van der Waals surface area contributed by atoms with Gasteiger partial charge in [0.05, 0.1) is 14.6 Å². The molecule has 23 heavy (non-hydrogen) atoms. The molecule has 124 valence electrons. The summed E-state index contributed by atoms with van der Waals surface area (Å²) in [7, 11) is -1.16. The largest absolute Gasteiger partial charge is 0.346 e. The van der Waals surface area contributed by atoms with Gasteiger partial charge in [-0.25, -0.2) is 4.85 Å². The molecular formula is C19H27BrN2Si. The van der Waals surface area contributed by atoms with Crippen molar-refractivity contribution >= 4 is 40.6 Å². The molecule has 0 saturated carbocycles. The van der Waals surface area contributed by atoms with Crippen LogP contribution in [0.15, 0.2) is 28.9 Å². The normalized spacial score (nSPS) is 12.6. The number of halogens is 1. The smallest absolute Gasteiger partial charge is 0.188 e. The number of rotatable bonds is 5. The van der Waals surface area contributed by atoms with Crippen LogP contribution in [0.25, 0.3) is 15.7 Å². The summed E-state index contributed by atoms with van der Waals surface area (Å²) in [5.74, 6) is 0. The molecule has 1 aromatic heterocycles. The molecule has 0 saturated heterocycles. The first kappa shape index (κ1) is 18.3. The lowest BCUT2D eigenvalue weighted by Crippen LogP contribution is -2.36. The Morgan fingerprint density at radius 1 is 1.22 bits per heavy atom. The Morgan fingerprint density at radius 3 is 2.52 bits per heavy atom. The minimum atomic E-state index is -1.16. The van der Waals surface area contributed by atoms with E-state index in [2.05, 4.69) is 71.5 Å². The molecule has 0 N–H and O–H groups in total. The lowest BCUT2D eigenvalue weighted by molar-refractivity contribution is 0.633. The van der Waals surface area contributed by atoms with Crippen LogP contribution in [0.2, 0.25) is 24.2 Å². The summed E-state index contributed by atoms with van der Waals surface area (Å²) in [6, 6.07) is 7.34. The van der Waals surface area contributed by atoms with Crippen molar-refractivity contribution < 1.29 is 0 Å². The van der Waals surface area contributed by atoms with Crippen LogP contribution < -0.4 is 0 Å². The van der Waals surface area contributed by atoms with Gasteiger partial charge < -0.3 is 4.57 Å². The number of benzene rings is 1. The Morgan fingerprint density at radius 2 is 1.91 bits per heavy atom. The number of unbranched alkanes of at least 4 members (excludes halogenated alkanes) is 1. The molecule has 0 atom stereocenters. The molecule has 0 bridgehead atoms. The highest BCUT2D eigenvalue weighted by Gasteiger charge is 2.33. The van der Waals surface area contributed by atoms with Crippen LogP contribution in [0.1, 0.15) is 33.6 Å². The average Bonchev–Trinajstić information content (AvgIpc) is 2.78. The van der Waals surface area contributed by atoms with Gasteiger partial charge in [-0.05, 0) is 39.5 Å². The van der Waals surface area contributed by atoms with Gasteiger partial charge in [0.25, 0.3) is 0 Å². The summed E-state index contributed by atoms with van der Waals surface area (Å²) >= 11 is 3.63. The van der Waals surface area contributed by atoms with Crippen molar-refractivity contribution in [1.82, 2.24) is 4.57 Å². The average molecular weight is 391 g/mol. The van der Waals surface area contributed by atoms with E-state index in [9.17, 15) is 0 Å². The van der Waals surface area contributed by atoms with Crippen LogP contribution in [0.4, 0.5) is 5.69 Å². The fourth-order valence-corrected chi connectivity index (χ4v) is 5.17. The number of aryl methyl sites for hydroxylation is 1. The number of hydrogen-bond donors (Lipinski definition) is 0. The van der Waals surface area contributed by atoms with Gasteiger partial charge in [0.2, 0.25) is 0 Å². The first-order chi connectivity index (χ1) is 10.7. The molecule has 0 fully saturated rings. The van der Waals surface area contributed by atoms with Crippen molar-refractivity contribution in [2.24, 2.45) is 0 Å². The Kier molecular flexibility index (Phi) is 5.43. The Bertz CT molecular complexity index is 732. The molecule has 0 aliphatic rings. The monoisotopic (exact) mass is 390 g/mol. The molecule has 0 spiro atoms. The number of fused-ring (bicyclic) bond motifs is 1. The molecule has 4 heteroatoms. The van der Waals surface area contributed by atoms with E-state index >= 15 is 0 Å². The van der Waals surface area contributed by atoms with E-state index in [1.54, 1.807) is 0 Å². The molecule has 1 heterocycles. The fourth-order valence-electron chi connectivity index (χ4n) is 2.72. The fraction of sp³-hybridized carbons (Fsp3) is 0.526. The predicted octanol–water partition coefficient (Wildman–Crippen LogP) is 7.24. The van der Waals surface area contributed by atoms with Crippen molar-refractivity contribution in [2.75, 3.05) is 0 Å². The second kappa shape index (κ2) is 6.82. The summed E-state index contributed by atoms with van der Waals surface area (Å²) in [5, 5.41) is 1.62. The maximum atomic E-state index is 7.15. The van der Waals surface area contributed by atoms with Gasteiger partial charge >= 0.3 is 0 Å². The standard InChI is InChI=1S/C19H27BrN2Si/c1-19(2,3)23(5,6)12-8-7-11-22-14-17(20)16-13-15(21-4)9-10-18(16)22/h9-10,13-14H,7-8,11-12H2,1-3,5-6H3. The summed E-state index contributed by atoms with van der Waals surface area (Å²) < 4.78 is 3.40. The van der Waals surface area contributed by atoms with Crippen LogP contribution in [0.3, 0.4) is 0 Å². The first-order valence-corrected chi connectivity index (χ1v) is 12.3. The summed E-state index contributed by atoms with van der Waals surface area (Å²) in [6.07, 6.45) is 4.67. The third-order valence-corrected chi connectivity index (χ3v) is 11.7. The number of aromatic nitrogens is 1. The molecular weight excluding hydrogens is 364 g/mol. The molecule has 0 amide bonds. The molecule has 0 radical (unpaired) electrons. The van der Waals surface area contributed by atoms with Crippen LogP contribution in [0, 0.1) is 6.57 Å². The molecule has 0 unspecified atom stereocenters. The highest BCUT2D eigenvalue weighted by atomic mass is 79.9. The van der Waals surface area contributed by atoms with Crippen molar-refractivity contribution in [1.29, 1.82) is 0 Å². The highest BCUT2D eigenvalue weighted by molar-refractivity contribution is 9.10. The highest BCUT2D eigenvalue weighted by Crippen LogP contribution is 2.39. The molecule has 0 aliphatic heterocycles. The zero-order chi connectivity index (χ0) is 17.3. The number of hydrogen-bond acceptors (Lipinski definition) is 0. The predicted molar refractivity (Wildman–Crippen MR) is 107 cm³/mol. The van der Waals surface area contributed by atoms with E-state index < -0.39 is 8.07 Å². The third-order valence-electron chi connectivity index (χ3n) is 5.43. The van der Waals surface area contributed by atoms with Gasteiger partial charge in [-0.2, -0.15) is 0 Å². The van der Waals surface area contributed by atoms with Crippen LogP contribution in [-0.2, 0) is 6.54 Å². The van der Waals surface area contributed by atoms with E-state index in [0.717, 1.165) is 16.4 Å². The van der Waals surface area contributed by atoms with E-state index in [-0.39, 0.29) is 0 Å². The van der Waals surface area contributed by atoms with Gasteiger partial charge in [0.15, 0.2) is 5.69 Å². The van der Waals surface area contributed by atoms with Gasteiger partial charge in [-0.15, -0.1) is 0 Å². The van der Waals surface area contributed by atoms with Crippen molar-refractivity contribution in [3.63, 3.8) is 0 Å². The van der Waals surface area contributed by atoms with Crippen molar-refractivity contribution in [3.8, 4) is 0 Å². The molecule has 2 rings (SSSR count). The minimum Gasteiger partial charge on any atom is -0.346 e. The zero-order valence-corrected chi connectivity index (χ0v) is 17.5. The summed E-state index contributed by atoms with van der Waals surface area (Å²) in [4.78, 5) is 3.52. The Hall–Kier alpha value is -1.05. The Labute approximate surface area is 149 Å². The minimum absolute atomic E-state index is 0.479. The topological polar surface area (TPSA) is 9.29 Å². The van der Waals surface area contributed by atoms with Gasteiger partial charge in [-0.1, -0.05) is 52.4 Å². The maximum Gasteiger partial charge on any atom is 0.188 e. The lowest BCUT2D eigenvalue weighted by Gasteiger charge is -2.37. The van der Waals surface area contributed by atoms with Crippen LogP contribution in [0.5, 0.6) is 0 Å². The van der Waals surface area contributed by atoms with Gasteiger partial charge in [0, 0.05) is 28.1 Å². The van der Waals surface area contributed by atoms with Gasteiger partial charge in [-0.3, -0.25) is 0 Å². The van der Waals surface area contributed by atoms with Crippen molar-refractivity contribution in [2.45, 2.75) is 64.3 Å². The van der Waals surface area contributed by atoms with Gasteiger partial charge in [0.1, 0.15) is 0 Å². The second-order valence-corrected chi connectivity index (χ2v) is 14.7. The Balaban J connectivity index is 2.02. The second-order valence-electron chi connectivity index (χ2n) is 8.07. The molecule has 2 nitrogen and oxygen atoms in total. The van der Waals surface area contributed by atoms with Crippen LogP contribution >= 0.6 is 15.9 Å². The summed E-state index contributed by atoms with van der Waals surface area (Å²) in [6.45, 7) is 20.4. The molecule has 1 aromatic carbocycles. The van der Waals surface area contributed by atoms with E-state index in [4.69, 9.17) is 6.57 Å². The molecule has 2 aromatic rings.